The average Bonchev–Trinajstić information content (AvgIpc) is 3.12. The molecule has 0 radical (unpaired) electrons. The molecule has 0 saturated heterocycles. The average molecular weight is 324 g/mol. The zero-order valence-electron chi connectivity index (χ0n) is 13.0. The van der Waals surface area contributed by atoms with Crippen molar-refractivity contribution in [2.45, 2.75) is 26.9 Å². The predicted octanol–water partition coefficient (Wildman–Crippen LogP) is 3.05. The number of hydrogen-bond acceptors (Lipinski definition) is 5. The highest BCUT2D eigenvalue weighted by molar-refractivity contribution is 7.21. The molecule has 1 aliphatic rings. The fraction of sp³-hybridized carbons (Fsp3) is 0.235. The number of amides is 1. The second-order valence-corrected chi connectivity index (χ2v) is 6.86. The van der Waals surface area contributed by atoms with Crippen LogP contribution in [0.4, 0.5) is 5.69 Å². The fourth-order valence-corrected chi connectivity index (χ4v) is 4.09. The maximum Gasteiger partial charge on any atom is 0.266 e. The van der Waals surface area contributed by atoms with Gasteiger partial charge in [-0.2, -0.15) is 5.10 Å². The number of thiophene rings is 1. The molecule has 6 heteroatoms. The van der Waals surface area contributed by atoms with E-state index in [0.717, 1.165) is 21.5 Å². The molecule has 0 aliphatic carbocycles. The van der Waals surface area contributed by atoms with Crippen LogP contribution >= 0.6 is 11.3 Å². The van der Waals surface area contributed by atoms with E-state index in [9.17, 15) is 4.79 Å². The Bertz CT molecular complexity index is 922. The van der Waals surface area contributed by atoms with Gasteiger partial charge in [-0.05, 0) is 30.5 Å². The van der Waals surface area contributed by atoms with Crippen molar-refractivity contribution >= 4 is 33.1 Å². The number of hydrogen-bond donors (Lipinski definition) is 1. The minimum absolute atomic E-state index is 0.0289. The van der Waals surface area contributed by atoms with Crippen molar-refractivity contribution in [2.24, 2.45) is 0 Å². The molecule has 1 aromatic carbocycles. The lowest BCUT2D eigenvalue weighted by Gasteiger charge is -2.14. The number of rotatable bonds is 1. The van der Waals surface area contributed by atoms with Crippen LogP contribution in [0.5, 0.6) is 0 Å². The Kier molecular flexibility index (Phi) is 3.09. The second kappa shape index (κ2) is 5.03. The smallest absolute Gasteiger partial charge is 0.266 e. The van der Waals surface area contributed by atoms with Crippen molar-refractivity contribution in [3.05, 3.63) is 51.5 Å². The fourth-order valence-electron chi connectivity index (χ4n) is 3.02. The van der Waals surface area contributed by atoms with Gasteiger partial charge in [-0.1, -0.05) is 24.3 Å². The molecule has 2 aromatic heterocycles. The summed E-state index contributed by atoms with van der Waals surface area (Å²) >= 11 is 1.33. The molecule has 2 N–H and O–H groups in total. The summed E-state index contributed by atoms with van der Waals surface area (Å²) in [6.07, 6.45) is 0. The maximum absolute atomic E-state index is 12.9. The Morgan fingerprint density at radius 3 is 2.48 bits per heavy atom. The van der Waals surface area contributed by atoms with Crippen molar-refractivity contribution in [1.29, 1.82) is 0 Å². The molecule has 1 aliphatic heterocycles. The summed E-state index contributed by atoms with van der Waals surface area (Å²) < 4.78 is 0. The van der Waals surface area contributed by atoms with Crippen LogP contribution in [-0.2, 0) is 13.1 Å². The molecule has 3 aromatic rings. The van der Waals surface area contributed by atoms with Crippen molar-refractivity contribution in [3.8, 4) is 0 Å². The zero-order chi connectivity index (χ0) is 16.1. The number of carbonyl (C=O) groups excluding carboxylic acids is 1. The zero-order valence-corrected chi connectivity index (χ0v) is 13.8. The van der Waals surface area contributed by atoms with E-state index in [2.05, 4.69) is 22.3 Å². The summed E-state index contributed by atoms with van der Waals surface area (Å²) in [7, 11) is 0. The van der Waals surface area contributed by atoms with Crippen LogP contribution in [0.3, 0.4) is 0 Å². The normalized spacial score (nSPS) is 13.6. The highest BCUT2D eigenvalue weighted by atomic mass is 32.1. The highest BCUT2D eigenvalue weighted by Crippen LogP contribution is 2.36. The van der Waals surface area contributed by atoms with Crippen LogP contribution in [0.1, 0.15) is 32.1 Å². The first-order valence-corrected chi connectivity index (χ1v) is 8.26. The van der Waals surface area contributed by atoms with Gasteiger partial charge in [0.25, 0.3) is 5.91 Å². The third kappa shape index (κ3) is 2.09. The number of nitrogens with two attached hydrogens (primary N) is 1. The number of benzene rings is 1. The Morgan fingerprint density at radius 2 is 1.83 bits per heavy atom. The second-order valence-electron chi connectivity index (χ2n) is 5.87. The van der Waals surface area contributed by atoms with Gasteiger partial charge in [0.05, 0.1) is 11.4 Å². The lowest BCUT2D eigenvalue weighted by atomic mass is 10.1. The largest absolute Gasteiger partial charge is 0.397 e. The molecule has 1 amide bonds. The third-order valence-corrected chi connectivity index (χ3v) is 5.54. The highest BCUT2D eigenvalue weighted by Gasteiger charge is 2.28. The first kappa shape index (κ1) is 14.1. The molecular formula is C17H16N4OS. The van der Waals surface area contributed by atoms with Crippen molar-refractivity contribution in [1.82, 2.24) is 15.1 Å². The van der Waals surface area contributed by atoms with Gasteiger partial charge in [0.1, 0.15) is 9.71 Å². The summed E-state index contributed by atoms with van der Waals surface area (Å²) in [6, 6.07) is 8.14. The van der Waals surface area contributed by atoms with Gasteiger partial charge >= 0.3 is 0 Å². The summed E-state index contributed by atoms with van der Waals surface area (Å²) in [4.78, 5) is 16.0. The van der Waals surface area contributed by atoms with Crippen LogP contribution in [-0.4, -0.2) is 21.0 Å². The molecule has 23 heavy (non-hydrogen) atoms. The Hall–Kier alpha value is -2.47. The Morgan fingerprint density at radius 1 is 1.17 bits per heavy atom. The standard InChI is InChI=1S/C17H16N4OS/c1-9-10(2)19-20-16-13(9)14(18)15(23-16)17(22)21-7-11-5-3-4-6-12(11)8-21/h3-6H,7-8,18H2,1-2H3. The lowest BCUT2D eigenvalue weighted by Crippen LogP contribution is -2.25. The van der Waals surface area contributed by atoms with Crippen LogP contribution in [0, 0.1) is 13.8 Å². The van der Waals surface area contributed by atoms with Crippen molar-refractivity contribution in [3.63, 3.8) is 0 Å². The molecule has 5 nitrogen and oxygen atoms in total. The van der Waals surface area contributed by atoms with E-state index in [0.29, 0.717) is 23.7 Å². The number of nitrogen functional groups attached to an aromatic ring is 1. The van der Waals surface area contributed by atoms with Crippen LogP contribution < -0.4 is 5.73 Å². The number of anilines is 1. The first-order valence-electron chi connectivity index (χ1n) is 7.44. The van der Waals surface area contributed by atoms with Gasteiger partial charge < -0.3 is 10.6 Å². The summed E-state index contributed by atoms with van der Waals surface area (Å²) in [5.41, 5.74) is 11.0. The van der Waals surface area contributed by atoms with Crippen LogP contribution in [0.15, 0.2) is 24.3 Å². The number of aryl methyl sites for hydroxylation is 2. The van der Waals surface area contributed by atoms with Gasteiger partial charge in [0, 0.05) is 18.5 Å². The number of nitrogens with zero attached hydrogens (tertiary/aromatic N) is 3. The van der Waals surface area contributed by atoms with Gasteiger partial charge in [0.15, 0.2) is 0 Å². The monoisotopic (exact) mass is 324 g/mol. The first-order chi connectivity index (χ1) is 11.1. The van der Waals surface area contributed by atoms with Crippen LogP contribution in [0.2, 0.25) is 0 Å². The van der Waals surface area contributed by atoms with E-state index in [-0.39, 0.29) is 5.91 Å². The van der Waals surface area contributed by atoms with E-state index < -0.39 is 0 Å². The molecule has 3 heterocycles. The van der Waals surface area contributed by atoms with Crippen LogP contribution in [0.25, 0.3) is 10.2 Å². The van der Waals surface area contributed by atoms with Crippen molar-refractivity contribution < 1.29 is 4.79 Å². The molecule has 0 unspecified atom stereocenters. The molecule has 0 fully saturated rings. The number of fused-ring (bicyclic) bond motifs is 2. The third-order valence-electron chi connectivity index (χ3n) is 4.46. The quantitative estimate of drug-likeness (QED) is 0.747. The van der Waals surface area contributed by atoms with Crippen molar-refractivity contribution in [2.75, 3.05) is 5.73 Å². The van der Waals surface area contributed by atoms with E-state index in [1.54, 1.807) is 0 Å². The summed E-state index contributed by atoms with van der Waals surface area (Å²) in [5.74, 6) is -0.0289. The molecule has 116 valence electrons. The molecule has 0 bridgehead atoms. The van der Waals surface area contributed by atoms with Gasteiger partial charge in [0.2, 0.25) is 0 Å². The Balaban J connectivity index is 1.74. The summed E-state index contributed by atoms with van der Waals surface area (Å²) in [5, 5.41) is 9.18. The predicted molar refractivity (Wildman–Crippen MR) is 91.3 cm³/mol. The van der Waals surface area contributed by atoms with E-state index >= 15 is 0 Å². The van der Waals surface area contributed by atoms with E-state index in [4.69, 9.17) is 5.73 Å². The van der Waals surface area contributed by atoms with E-state index in [1.807, 2.05) is 30.9 Å². The molecule has 0 atom stereocenters. The maximum atomic E-state index is 12.9. The minimum atomic E-state index is -0.0289. The van der Waals surface area contributed by atoms with Gasteiger partial charge in [-0.25, -0.2) is 0 Å². The Labute approximate surface area is 137 Å². The number of aromatic nitrogens is 2. The SMILES string of the molecule is Cc1nnc2sc(C(=O)N3Cc4ccccc4C3)c(N)c2c1C. The van der Waals surface area contributed by atoms with E-state index in [1.165, 1.54) is 22.5 Å². The van der Waals surface area contributed by atoms with Gasteiger partial charge in [-0.15, -0.1) is 16.4 Å². The minimum Gasteiger partial charge on any atom is -0.397 e. The lowest BCUT2D eigenvalue weighted by molar-refractivity contribution is 0.0757. The molecular weight excluding hydrogens is 308 g/mol. The molecule has 0 saturated carbocycles. The topological polar surface area (TPSA) is 72.1 Å². The number of carbonyl (C=O) groups is 1. The summed E-state index contributed by atoms with van der Waals surface area (Å²) in [6.45, 7) is 5.13. The molecule has 4 rings (SSSR count). The molecule has 0 spiro atoms. The van der Waals surface area contributed by atoms with Gasteiger partial charge in [-0.3, -0.25) is 4.79 Å².